The predicted octanol–water partition coefficient (Wildman–Crippen LogP) is 0.850. The van der Waals surface area contributed by atoms with E-state index in [4.69, 9.17) is 0 Å². The van der Waals surface area contributed by atoms with Gasteiger partial charge >= 0.3 is 5.97 Å². The van der Waals surface area contributed by atoms with E-state index in [2.05, 4.69) is 9.64 Å². The van der Waals surface area contributed by atoms with Crippen LogP contribution in [0.15, 0.2) is 0 Å². The Balaban J connectivity index is 2.20. The van der Waals surface area contributed by atoms with Crippen LogP contribution in [-0.2, 0) is 14.3 Å². The number of hydrogen-bond acceptors (Lipinski definition) is 4. The third kappa shape index (κ3) is 4.00. The highest BCUT2D eigenvalue weighted by molar-refractivity contribution is 5.78. The van der Waals surface area contributed by atoms with Crippen LogP contribution in [0.1, 0.15) is 26.2 Å². The van der Waals surface area contributed by atoms with Gasteiger partial charge in [-0.3, -0.25) is 9.59 Å². The average molecular weight is 213 g/mol. The number of carbonyl (C=O) groups is 2. The van der Waals surface area contributed by atoms with Crippen LogP contribution < -0.4 is 0 Å². The normalized spacial score (nSPS) is 18.8. The van der Waals surface area contributed by atoms with Crippen LogP contribution in [0.4, 0.5) is 0 Å². The summed E-state index contributed by atoms with van der Waals surface area (Å²) in [4.78, 5) is 24.3. The van der Waals surface area contributed by atoms with Crippen LogP contribution in [0.2, 0.25) is 0 Å². The number of piperidine rings is 1. The van der Waals surface area contributed by atoms with Crippen molar-refractivity contribution in [1.29, 1.82) is 0 Å². The van der Waals surface area contributed by atoms with Crippen molar-refractivity contribution in [2.75, 3.05) is 26.7 Å². The lowest BCUT2D eigenvalue weighted by Gasteiger charge is -2.30. The molecule has 0 bridgehead atoms. The first-order valence-corrected chi connectivity index (χ1v) is 5.43. The first kappa shape index (κ1) is 12.2. The third-order valence-corrected chi connectivity index (χ3v) is 3.02. The highest BCUT2D eigenvalue weighted by Gasteiger charge is 2.22. The Bertz CT molecular complexity index is 232. The van der Waals surface area contributed by atoms with E-state index < -0.39 is 0 Å². The molecule has 4 heteroatoms. The van der Waals surface area contributed by atoms with Gasteiger partial charge in [-0.15, -0.1) is 0 Å². The molecule has 86 valence electrons. The van der Waals surface area contributed by atoms with E-state index in [9.17, 15) is 9.59 Å². The molecule has 0 aliphatic carbocycles. The monoisotopic (exact) mass is 213 g/mol. The Labute approximate surface area is 90.6 Å². The van der Waals surface area contributed by atoms with Crippen molar-refractivity contribution in [1.82, 2.24) is 4.90 Å². The van der Waals surface area contributed by atoms with Crippen molar-refractivity contribution in [2.24, 2.45) is 5.92 Å². The van der Waals surface area contributed by atoms with Crippen molar-refractivity contribution in [3.8, 4) is 0 Å². The second-order valence-electron chi connectivity index (χ2n) is 4.05. The molecule has 0 spiro atoms. The summed E-state index contributed by atoms with van der Waals surface area (Å²) in [6.45, 7) is 4.24. The number of ether oxygens (including phenoxy) is 1. The molecule has 1 heterocycles. The largest absolute Gasteiger partial charge is 0.469 e. The van der Waals surface area contributed by atoms with Gasteiger partial charge < -0.3 is 9.64 Å². The van der Waals surface area contributed by atoms with Crippen molar-refractivity contribution < 1.29 is 14.3 Å². The Morgan fingerprint density at radius 1 is 1.33 bits per heavy atom. The molecule has 0 aromatic rings. The van der Waals surface area contributed by atoms with Gasteiger partial charge in [0.15, 0.2) is 0 Å². The van der Waals surface area contributed by atoms with E-state index >= 15 is 0 Å². The number of carbonyl (C=O) groups excluding carboxylic acids is 2. The molecule has 1 rings (SSSR count). The molecular formula is C11H19NO3. The van der Waals surface area contributed by atoms with Crippen molar-refractivity contribution >= 4 is 11.8 Å². The molecular weight excluding hydrogens is 194 g/mol. The molecule has 0 aromatic carbocycles. The zero-order valence-corrected chi connectivity index (χ0v) is 9.49. The second-order valence-corrected chi connectivity index (χ2v) is 4.05. The van der Waals surface area contributed by atoms with Crippen LogP contribution in [0.3, 0.4) is 0 Å². The van der Waals surface area contributed by atoms with Gasteiger partial charge in [0, 0.05) is 12.5 Å². The molecule has 0 saturated carbocycles. The standard InChI is InChI=1S/C11H19NO3/c1-9(13)10-3-6-12(7-4-10)8-5-11(14)15-2/h10H,3-8H2,1-2H3. The Kier molecular flexibility index (Phi) is 4.75. The highest BCUT2D eigenvalue weighted by Crippen LogP contribution is 2.17. The Morgan fingerprint density at radius 3 is 2.40 bits per heavy atom. The molecule has 0 N–H and O–H groups in total. The highest BCUT2D eigenvalue weighted by atomic mass is 16.5. The molecule has 0 unspecified atom stereocenters. The number of Topliss-reactive ketones (excluding diaryl/α,β-unsaturated/α-hetero) is 1. The minimum Gasteiger partial charge on any atom is -0.469 e. The molecule has 1 aliphatic rings. The summed E-state index contributed by atoms with van der Waals surface area (Å²) in [5, 5.41) is 0. The van der Waals surface area contributed by atoms with Gasteiger partial charge in [0.25, 0.3) is 0 Å². The van der Waals surface area contributed by atoms with Gasteiger partial charge in [-0.2, -0.15) is 0 Å². The van der Waals surface area contributed by atoms with Crippen LogP contribution in [0.25, 0.3) is 0 Å². The lowest BCUT2D eigenvalue weighted by atomic mass is 9.93. The zero-order chi connectivity index (χ0) is 11.3. The van der Waals surface area contributed by atoms with Gasteiger partial charge in [0.2, 0.25) is 0 Å². The summed E-state index contributed by atoms with van der Waals surface area (Å²) >= 11 is 0. The molecule has 0 radical (unpaired) electrons. The number of esters is 1. The Morgan fingerprint density at radius 2 is 1.93 bits per heavy atom. The number of nitrogens with zero attached hydrogens (tertiary/aromatic N) is 1. The van der Waals surface area contributed by atoms with Gasteiger partial charge in [0.1, 0.15) is 5.78 Å². The molecule has 0 atom stereocenters. The lowest BCUT2D eigenvalue weighted by Crippen LogP contribution is -2.37. The van der Waals surface area contributed by atoms with E-state index in [-0.39, 0.29) is 11.9 Å². The fourth-order valence-corrected chi connectivity index (χ4v) is 1.91. The van der Waals surface area contributed by atoms with E-state index in [0.29, 0.717) is 12.2 Å². The van der Waals surface area contributed by atoms with E-state index in [1.54, 1.807) is 6.92 Å². The fraction of sp³-hybridized carbons (Fsp3) is 0.818. The maximum atomic E-state index is 11.1. The topological polar surface area (TPSA) is 46.6 Å². The molecule has 0 aromatic heterocycles. The number of methoxy groups -OCH3 is 1. The molecule has 1 fully saturated rings. The molecule has 1 aliphatic heterocycles. The SMILES string of the molecule is COC(=O)CCN1CCC(C(C)=O)CC1. The average Bonchev–Trinajstić information content (AvgIpc) is 2.26. The van der Waals surface area contributed by atoms with Crippen molar-refractivity contribution in [3.05, 3.63) is 0 Å². The minimum atomic E-state index is -0.163. The molecule has 15 heavy (non-hydrogen) atoms. The number of hydrogen-bond donors (Lipinski definition) is 0. The maximum absolute atomic E-state index is 11.1. The summed E-state index contributed by atoms with van der Waals surface area (Å²) < 4.78 is 4.58. The summed E-state index contributed by atoms with van der Waals surface area (Å²) in [6.07, 6.45) is 2.30. The maximum Gasteiger partial charge on any atom is 0.306 e. The van der Waals surface area contributed by atoms with E-state index in [1.165, 1.54) is 7.11 Å². The summed E-state index contributed by atoms with van der Waals surface area (Å²) in [7, 11) is 1.41. The summed E-state index contributed by atoms with van der Waals surface area (Å²) in [5.74, 6) is 0.366. The number of ketones is 1. The molecule has 4 nitrogen and oxygen atoms in total. The first-order valence-electron chi connectivity index (χ1n) is 5.43. The van der Waals surface area contributed by atoms with Gasteiger partial charge in [-0.25, -0.2) is 0 Å². The van der Waals surface area contributed by atoms with Crippen molar-refractivity contribution in [3.63, 3.8) is 0 Å². The van der Waals surface area contributed by atoms with Crippen LogP contribution in [0, 0.1) is 5.92 Å². The zero-order valence-electron chi connectivity index (χ0n) is 9.49. The van der Waals surface area contributed by atoms with Crippen molar-refractivity contribution in [2.45, 2.75) is 26.2 Å². The second kappa shape index (κ2) is 5.85. The third-order valence-electron chi connectivity index (χ3n) is 3.02. The van der Waals surface area contributed by atoms with Gasteiger partial charge in [0.05, 0.1) is 13.5 Å². The first-order chi connectivity index (χ1) is 7.13. The molecule has 1 saturated heterocycles. The minimum absolute atomic E-state index is 0.163. The predicted molar refractivity (Wildman–Crippen MR) is 56.5 cm³/mol. The van der Waals surface area contributed by atoms with Crippen LogP contribution >= 0.6 is 0 Å². The van der Waals surface area contributed by atoms with Gasteiger partial charge in [-0.05, 0) is 32.9 Å². The number of rotatable bonds is 4. The molecule has 0 amide bonds. The van der Waals surface area contributed by atoms with E-state index in [1.807, 2.05) is 0 Å². The van der Waals surface area contributed by atoms with E-state index in [0.717, 1.165) is 32.5 Å². The van der Waals surface area contributed by atoms with Gasteiger partial charge in [-0.1, -0.05) is 0 Å². The summed E-state index contributed by atoms with van der Waals surface area (Å²) in [5.41, 5.74) is 0. The number of likely N-dealkylation sites (tertiary alicyclic amines) is 1. The summed E-state index contributed by atoms with van der Waals surface area (Å²) in [6, 6.07) is 0. The fourth-order valence-electron chi connectivity index (χ4n) is 1.91. The quantitative estimate of drug-likeness (QED) is 0.649. The Hall–Kier alpha value is -0.900. The smallest absolute Gasteiger partial charge is 0.306 e. The van der Waals surface area contributed by atoms with Crippen LogP contribution in [0.5, 0.6) is 0 Å². The van der Waals surface area contributed by atoms with Crippen LogP contribution in [-0.4, -0.2) is 43.4 Å². The lowest BCUT2D eigenvalue weighted by molar-refractivity contribution is -0.141.